The molecule has 0 unspecified atom stereocenters. The van der Waals surface area contributed by atoms with E-state index in [1.165, 1.54) is 38.5 Å². The Labute approximate surface area is 218 Å². The van der Waals surface area contributed by atoms with E-state index in [0.29, 0.717) is 24.5 Å². The number of anilines is 2. The van der Waals surface area contributed by atoms with Crippen LogP contribution in [0.3, 0.4) is 0 Å². The van der Waals surface area contributed by atoms with Crippen LogP contribution in [0.5, 0.6) is 11.5 Å². The number of nitrogens with zero attached hydrogens (tertiary/aromatic N) is 2. The molecular weight excluding hydrogens is 535 g/mol. The molecule has 15 heteroatoms. The van der Waals surface area contributed by atoms with Gasteiger partial charge in [-0.2, -0.15) is 13.2 Å². The summed E-state index contributed by atoms with van der Waals surface area (Å²) in [7, 11) is 2.78. The van der Waals surface area contributed by atoms with Crippen molar-refractivity contribution in [1.82, 2.24) is 4.90 Å². The molecule has 0 radical (unpaired) electrons. The fourth-order valence-electron chi connectivity index (χ4n) is 3.01. The number of sulfonamides is 1. The molecule has 0 spiro atoms. The van der Waals surface area contributed by atoms with Gasteiger partial charge in [0.25, 0.3) is 10.0 Å². The Morgan fingerprint density at radius 1 is 0.974 bits per heavy atom. The highest BCUT2D eigenvalue weighted by Crippen LogP contribution is 2.31. The zero-order chi connectivity index (χ0) is 29.3. The number of hydrogen-bond donors (Lipinski definition) is 3. The van der Waals surface area contributed by atoms with Crippen molar-refractivity contribution in [3.8, 4) is 11.5 Å². The molecule has 0 atom stereocenters. The number of carbonyl (C=O) groups is 2. The predicted molar refractivity (Wildman–Crippen MR) is 134 cm³/mol. The first-order valence-corrected chi connectivity index (χ1v) is 12.4. The van der Waals surface area contributed by atoms with Crippen LogP contribution >= 0.6 is 0 Å². The molecule has 0 aliphatic heterocycles. The van der Waals surface area contributed by atoms with Gasteiger partial charge in [-0.1, -0.05) is 0 Å². The van der Waals surface area contributed by atoms with Crippen molar-refractivity contribution < 1.29 is 50.9 Å². The van der Waals surface area contributed by atoms with Gasteiger partial charge in [0.2, 0.25) is 0 Å². The smallest absolute Gasteiger partial charge is 0.490 e. The lowest BCUT2D eigenvalue weighted by Crippen LogP contribution is -2.32. The summed E-state index contributed by atoms with van der Waals surface area (Å²) in [5.74, 6) is -3.22. The lowest BCUT2D eigenvalue weighted by molar-refractivity contribution is -0.192. The van der Waals surface area contributed by atoms with Crippen molar-refractivity contribution in [3.63, 3.8) is 0 Å². The third-order valence-electron chi connectivity index (χ3n) is 4.93. The number of carboxylic acids is 2. The van der Waals surface area contributed by atoms with Crippen LogP contribution in [0.4, 0.5) is 24.5 Å². The largest absolute Gasteiger partial charge is 0.493 e. The minimum atomic E-state index is -5.08. The van der Waals surface area contributed by atoms with Gasteiger partial charge in [0, 0.05) is 31.4 Å². The maximum atomic E-state index is 12.8. The second kappa shape index (κ2) is 13.7. The van der Waals surface area contributed by atoms with Gasteiger partial charge in [-0.15, -0.1) is 0 Å². The van der Waals surface area contributed by atoms with Gasteiger partial charge in [-0.25, -0.2) is 18.0 Å². The maximum Gasteiger partial charge on any atom is 0.490 e. The first-order valence-electron chi connectivity index (χ1n) is 10.9. The first-order chi connectivity index (χ1) is 17.6. The molecule has 212 valence electrons. The summed E-state index contributed by atoms with van der Waals surface area (Å²) in [5, 5.41) is 16.8. The number of aromatic carboxylic acids is 1. The van der Waals surface area contributed by atoms with Gasteiger partial charge < -0.3 is 29.5 Å². The molecule has 0 saturated carbocycles. The molecule has 0 bridgehead atoms. The molecule has 11 nitrogen and oxygen atoms in total. The number of likely N-dealkylation sites (N-methyl/N-ethyl adjacent to an activating group) is 2. The van der Waals surface area contributed by atoms with E-state index in [2.05, 4.69) is 4.72 Å². The molecule has 0 heterocycles. The van der Waals surface area contributed by atoms with E-state index in [9.17, 15) is 31.5 Å². The highest BCUT2D eigenvalue weighted by molar-refractivity contribution is 7.92. The normalized spacial score (nSPS) is 11.3. The second-order valence-electron chi connectivity index (χ2n) is 7.85. The number of methoxy groups -OCH3 is 2. The quantitative estimate of drug-likeness (QED) is 0.371. The minimum Gasteiger partial charge on any atom is -0.493 e. The zero-order valence-corrected chi connectivity index (χ0v) is 22.2. The molecule has 0 aliphatic carbocycles. The summed E-state index contributed by atoms with van der Waals surface area (Å²) < 4.78 is 70.1. The predicted octanol–water partition coefficient (Wildman–Crippen LogP) is 3.22. The SMILES string of the molecule is CCN(CCN(C)C)c1ccc(NS(=O)(=O)c2ccc(OC)c(OC)c2)cc1C(=O)O.O=C(O)C(F)(F)F. The fourth-order valence-corrected chi connectivity index (χ4v) is 4.08. The first kappa shape index (κ1) is 32.3. The Kier molecular flexibility index (Phi) is 11.7. The molecule has 0 saturated heterocycles. The molecule has 0 aliphatic rings. The summed E-state index contributed by atoms with van der Waals surface area (Å²) in [6.07, 6.45) is -5.08. The van der Waals surface area contributed by atoms with Crippen LogP contribution in [0, 0.1) is 0 Å². The van der Waals surface area contributed by atoms with E-state index in [1.54, 1.807) is 12.1 Å². The number of benzene rings is 2. The van der Waals surface area contributed by atoms with E-state index >= 15 is 0 Å². The van der Waals surface area contributed by atoms with Gasteiger partial charge in [0.05, 0.1) is 30.4 Å². The van der Waals surface area contributed by atoms with Crippen LogP contribution in [-0.4, -0.2) is 89.6 Å². The topological polar surface area (TPSA) is 146 Å². The molecule has 0 fully saturated rings. The van der Waals surface area contributed by atoms with Crippen molar-refractivity contribution >= 4 is 33.3 Å². The third-order valence-corrected chi connectivity index (χ3v) is 6.31. The van der Waals surface area contributed by atoms with Gasteiger partial charge in [0.1, 0.15) is 0 Å². The Hall–Kier alpha value is -3.72. The maximum absolute atomic E-state index is 12.8. The molecule has 3 N–H and O–H groups in total. The Balaban J connectivity index is 0.000000905. The van der Waals surface area contributed by atoms with Crippen LogP contribution < -0.4 is 19.1 Å². The van der Waals surface area contributed by atoms with Crippen LogP contribution in [0.15, 0.2) is 41.3 Å². The molecule has 2 rings (SSSR count). The van der Waals surface area contributed by atoms with Crippen molar-refractivity contribution in [3.05, 3.63) is 42.0 Å². The zero-order valence-electron chi connectivity index (χ0n) is 21.4. The molecule has 2 aromatic carbocycles. The van der Waals surface area contributed by atoms with E-state index in [4.69, 9.17) is 19.4 Å². The van der Waals surface area contributed by atoms with Crippen molar-refractivity contribution in [2.24, 2.45) is 0 Å². The number of rotatable bonds is 11. The van der Waals surface area contributed by atoms with Crippen LogP contribution in [-0.2, 0) is 14.8 Å². The van der Waals surface area contributed by atoms with Crippen molar-refractivity contribution in [1.29, 1.82) is 0 Å². The third kappa shape index (κ3) is 9.30. The second-order valence-corrected chi connectivity index (χ2v) is 9.53. The summed E-state index contributed by atoms with van der Waals surface area (Å²) in [6.45, 7) is 3.95. The molecule has 2 aromatic rings. The van der Waals surface area contributed by atoms with Gasteiger partial charge >= 0.3 is 18.1 Å². The number of nitrogens with one attached hydrogen (secondary N) is 1. The molecule has 38 heavy (non-hydrogen) atoms. The number of aliphatic carboxylic acids is 1. The van der Waals surface area contributed by atoms with E-state index in [0.717, 1.165) is 6.54 Å². The Morgan fingerprint density at radius 2 is 1.55 bits per heavy atom. The number of alkyl halides is 3. The average molecular weight is 566 g/mol. The summed E-state index contributed by atoms with van der Waals surface area (Å²) >= 11 is 0. The monoisotopic (exact) mass is 565 g/mol. The number of carboxylic acid groups (broad SMARTS) is 2. The van der Waals surface area contributed by atoms with Gasteiger partial charge in [-0.3, -0.25) is 4.72 Å². The lowest BCUT2D eigenvalue weighted by Gasteiger charge is -2.26. The van der Waals surface area contributed by atoms with Crippen LogP contribution in [0.25, 0.3) is 0 Å². The highest BCUT2D eigenvalue weighted by Gasteiger charge is 2.38. The summed E-state index contributed by atoms with van der Waals surface area (Å²) in [4.78, 5) is 24.7. The highest BCUT2D eigenvalue weighted by atomic mass is 32.2. The van der Waals surface area contributed by atoms with E-state index in [1.807, 2.05) is 30.8 Å². The van der Waals surface area contributed by atoms with Crippen molar-refractivity contribution in [2.75, 3.05) is 57.6 Å². The average Bonchev–Trinajstić information content (AvgIpc) is 2.83. The number of halogens is 3. The Morgan fingerprint density at radius 3 is 2.00 bits per heavy atom. The summed E-state index contributed by atoms with van der Waals surface area (Å²) in [6, 6.07) is 8.72. The fraction of sp³-hybridized carbons (Fsp3) is 0.391. The minimum absolute atomic E-state index is 0.0214. The van der Waals surface area contributed by atoms with Crippen molar-refractivity contribution in [2.45, 2.75) is 18.0 Å². The van der Waals surface area contributed by atoms with Gasteiger partial charge in [-0.05, 0) is 51.4 Å². The van der Waals surface area contributed by atoms with Crippen LogP contribution in [0.1, 0.15) is 17.3 Å². The molecule has 0 aromatic heterocycles. The van der Waals surface area contributed by atoms with E-state index in [-0.39, 0.29) is 21.9 Å². The molecular formula is C23H30F3N3O8S. The lowest BCUT2D eigenvalue weighted by atomic mass is 10.1. The molecule has 0 amide bonds. The number of hydrogen-bond acceptors (Lipinski definition) is 8. The van der Waals surface area contributed by atoms with E-state index < -0.39 is 28.1 Å². The van der Waals surface area contributed by atoms with Gasteiger partial charge in [0.15, 0.2) is 11.5 Å². The standard InChI is InChI=1S/C21H29N3O6S.C2HF3O2/c1-6-24(12-11-23(2)3)18-9-7-15(13-17(18)21(25)26)22-31(27,28)16-8-10-19(29-4)20(14-16)30-5;3-2(4,5)1(6)7/h7-10,13-14,22H,6,11-12H2,1-5H3,(H,25,26);(H,6,7). The van der Waals surface area contributed by atoms with Crippen LogP contribution in [0.2, 0.25) is 0 Å². The number of ether oxygens (including phenoxy) is 2. The summed E-state index contributed by atoms with van der Waals surface area (Å²) in [5.41, 5.74) is 0.707. The Bertz CT molecular complexity index is 1220.